The van der Waals surface area contributed by atoms with E-state index in [2.05, 4.69) is 20.3 Å². The first kappa shape index (κ1) is 11.5. The van der Waals surface area contributed by atoms with Gasteiger partial charge in [-0.15, -0.1) is 0 Å². The summed E-state index contributed by atoms with van der Waals surface area (Å²) in [5.74, 6) is 1.62. The van der Waals surface area contributed by atoms with Crippen LogP contribution in [0.2, 0.25) is 0 Å². The van der Waals surface area contributed by atoms with E-state index in [9.17, 15) is 0 Å². The highest BCUT2D eigenvalue weighted by molar-refractivity contribution is 5.89. The summed E-state index contributed by atoms with van der Waals surface area (Å²) in [6.07, 6.45) is 1.55. The van der Waals surface area contributed by atoms with Gasteiger partial charge in [-0.3, -0.25) is 0 Å². The van der Waals surface area contributed by atoms with Crippen LogP contribution < -0.4 is 10.1 Å². The predicted molar refractivity (Wildman–Crippen MR) is 74.9 cm³/mol. The van der Waals surface area contributed by atoms with Crippen molar-refractivity contribution in [1.82, 2.24) is 15.0 Å². The number of hydrogen-bond acceptors (Lipinski definition) is 4. The van der Waals surface area contributed by atoms with Gasteiger partial charge in [-0.05, 0) is 37.3 Å². The van der Waals surface area contributed by atoms with Crippen LogP contribution in [0.5, 0.6) is 5.75 Å². The molecule has 0 radical (unpaired) electrons. The van der Waals surface area contributed by atoms with Crippen LogP contribution in [-0.2, 0) is 0 Å². The molecule has 3 aromatic rings. The van der Waals surface area contributed by atoms with E-state index in [1.165, 1.54) is 0 Å². The van der Waals surface area contributed by atoms with Gasteiger partial charge in [0.05, 0.1) is 12.5 Å². The minimum Gasteiger partial charge on any atom is -0.497 e. The summed E-state index contributed by atoms with van der Waals surface area (Å²) in [6.45, 7) is 2.00. The summed E-state index contributed by atoms with van der Waals surface area (Å²) in [5, 5.41) is 4.27. The molecule has 0 atom stereocenters. The number of fused-ring (bicyclic) bond motifs is 1. The molecule has 3 rings (SSSR count). The van der Waals surface area contributed by atoms with Crippen molar-refractivity contribution in [3.8, 4) is 5.75 Å². The third kappa shape index (κ3) is 2.22. The SMILES string of the molecule is COc1ccc(Nc2ncnc3[nH]c(C)cc23)cc1. The van der Waals surface area contributed by atoms with E-state index in [1.54, 1.807) is 13.4 Å². The van der Waals surface area contributed by atoms with Crippen molar-refractivity contribution >= 4 is 22.5 Å². The van der Waals surface area contributed by atoms with E-state index < -0.39 is 0 Å². The van der Waals surface area contributed by atoms with Crippen LogP contribution in [0.15, 0.2) is 36.7 Å². The number of aromatic amines is 1. The van der Waals surface area contributed by atoms with Crippen LogP contribution in [0.3, 0.4) is 0 Å². The normalized spacial score (nSPS) is 10.6. The quantitative estimate of drug-likeness (QED) is 0.754. The number of methoxy groups -OCH3 is 1. The van der Waals surface area contributed by atoms with Gasteiger partial charge in [0.25, 0.3) is 0 Å². The minimum absolute atomic E-state index is 0.791. The summed E-state index contributed by atoms with van der Waals surface area (Å²) < 4.78 is 5.13. The largest absolute Gasteiger partial charge is 0.497 e. The zero-order valence-electron chi connectivity index (χ0n) is 10.8. The van der Waals surface area contributed by atoms with Crippen molar-refractivity contribution in [3.05, 3.63) is 42.4 Å². The van der Waals surface area contributed by atoms with E-state index in [4.69, 9.17) is 4.74 Å². The maximum absolute atomic E-state index is 5.13. The number of anilines is 2. The van der Waals surface area contributed by atoms with E-state index in [0.717, 1.165) is 34.0 Å². The Bertz CT molecular complexity index is 703. The molecule has 96 valence electrons. The van der Waals surface area contributed by atoms with Crippen molar-refractivity contribution in [2.24, 2.45) is 0 Å². The summed E-state index contributed by atoms with van der Waals surface area (Å²) in [5.41, 5.74) is 2.86. The van der Waals surface area contributed by atoms with Gasteiger partial charge in [-0.2, -0.15) is 0 Å². The summed E-state index contributed by atoms with van der Waals surface area (Å²) >= 11 is 0. The van der Waals surface area contributed by atoms with Gasteiger partial charge < -0.3 is 15.0 Å². The summed E-state index contributed by atoms with van der Waals surface area (Å²) in [6, 6.07) is 9.74. The van der Waals surface area contributed by atoms with Crippen molar-refractivity contribution in [2.75, 3.05) is 12.4 Å². The van der Waals surface area contributed by atoms with Gasteiger partial charge in [0.1, 0.15) is 23.5 Å². The monoisotopic (exact) mass is 254 g/mol. The second-order valence-electron chi connectivity index (χ2n) is 4.29. The highest BCUT2D eigenvalue weighted by atomic mass is 16.5. The molecule has 0 aliphatic carbocycles. The van der Waals surface area contributed by atoms with E-state index in [0.29, 0.717) is 0 Å². The number of hydrogen-bond donors (Lipinski definition) is 2. The highest BCUT2D eigenvalue weighted by Gasteiger charge is 2.06. The number of nitrogens with one attached hydrogen (secondary N) is 2. The van der Waals surface area contributed by atoms with Gasteiger partial charge in [0, 0.05) is 11.4 Å². The first-order chi connectivity index (χ1) is 9.26. The standard InChI is InChI=1S/C14H14N4O/c1-9-7-12-13(17-9)15-8-16-14(12)18-10-3-5-11(19-2)6-4-10/h3-8H,1-2H3,(H2,15,16,17,18). The maximum Gasteiger partial charge on any atom is 0.143 e. The van der Waals surface area contributed by atoms with E-state index in [1.807, 2.05) is 37.3 Å². The Hall–Kier alpha value is -2.56. The molecule has 0 spiro atoms. The average Bonchev–Trinajstić information content (AvgIpc) is 2.81. The third-order valence-electron chi connectivity index (χ3n) is 2.91. The summed E-state index contributed by atoms with van der Waals surface area (Å²) in [4.78, 5) is 11.7. The molecule has 5 heteroatoms. The maximum atomic E-state index is 5.13. The number of aryl methyl sites for hydroxylation is 1. The minimum atomic E-state index is 0.791. The lowest BCUT2D eigenvalue weighted by Crippen LogP contribution is -1.95. The molecule has 0 fully saturated rings. The van der Waals surface area contributed by atoms with Crippen molar-refractivity contribution in [1.29, 1.82) is 0 Å². The fourth-order valence-electron chi connectivity index (χ4n) is 1.98. The molecule has 2 aromatic heterocycles. The van der Waals surface area contributed by atoms with E-state index >= 15 is 0 Å². The van der Waals surface area contributed by atoms with Gasteiger partial charge in [0.15, 0.2) is 0 Å². The lowest BCUT2D eigenvalue weighted by Gasteiger charge is -2.07. The predicted octanol–water partition coefficient (Wildman–Crippen LogP) is 3.02. The number of benzene rings is 1. The smallest absolute Gasteiger partial charge is 0.143 e. The molecule has 5 nitrogen and oxygen atoms in total. The average molecular weight is 254 g/mol. The first-order valence-corrected chi connectivity index (χ1v) is 5.97. The topological polar surface area (TPSA) is 62.8 Å². The van der Waals surface area contributed by atoms with Crippen LogP contribution in [0, 0.1) is 6.92 Å². The van der Waals surface area contributed by atoms with Crippen LogP contribution in [0.1, 0.15) is 5.69 Å². The molecule has 2 N–H and O–H groups in total. The molecule has 1 aromatic carbocycles. The Morgan fingerprint density at radius 3 is 2.68 bits per heavy atom. The van der Waals surface area contributed by atoms with Gasteiger partial charge in [-0.1, -0.05) is 0 Å². The van der Waals surface area contributed by atoms with Crippen LogP contribution in [0.4, 0.5) is 11.5 Å². The second-order valence-corrected chi connectivity index (χ2v) is 4.29. The number of ether oxygens (including phenoxy) is 1. The van der Waals surface area contributed by atoms with E-state index in [-0.39, 0.29) is 0 Å². The molecule has 19 heavy (non-hydrogen) atoms. The Balaban J connectivity index is 1.95. The zero-order valence-corrected chi connectivity index (χ0v) is 10.8. The Kier molecular flexibility index (Phi) is 2.79. The zero-order chi connectivity index (χ0) is 13.2. The van der Waals surface area contributed by atoms with Gasteiger partial charge in [0.2, 0.25) is 0 Å². The Morgan fingerprint density at radius 2 is 1.95 bits per heavy atom. The molecular weight excluding hydrogens is 240 g/mol. The van der Waals surface area contributed by atoms with Crippen molar-refractivity contribution in [2.45, 2.75) is 6.92 Å². The summed E-state index contributed by atoms with van der Waals surface area (Å²) in [7, 11) is 1.65. The molecule has 0 aliphatic rings. The fourth-order valence-corrected chi connectivity index (χ4v) is 1.98. The molecule has 0 saturated carbocycles. The molecule has 2 heterocycles. The molecule has 0 saturated heterocycles. The van der Waals surface area contributed by atoms with Crippen LogP contribution in [-0.4, -0.2) is 22.1 Å². The number of nitrogens with zero attached hydrogens (tertiary/aromatic N) is 2. The molecule has 0 aliphatic heterocycles. The lowest BCUT2D eigenvalue weighted by atomic mass is 10.3. The highest BCUT2D eigenvalue weighted by Crippen LogP contribution is 2.24. The van der Waals surface area contributed by atoms with Gasteiger partial charge >= 0.3 is 0 Å². The number of H-pyrrole nitrogens is 1. The van der Waals surface area contributed by atoms with Crippen LogP contribution >= 0.6 is 0 Å². The molecular formula is C14H14N4O. The van der Waals surface area contributed by atoms with Crippen molar-refractivity contribution < 1.29 is 4.74 Å². The number of rotatable bonds is 3. The third-order valence-corrected chi connectivity index (χ3v) is 2.91. The molecule has 0 bridgehead atoms. The number of aromatic nitrogens is 3. The Morgan fingerprint density at radius 1 is 1.16 bits per heavy atom. The second kappa shape index (κ2) is 4.61. The Labute approximate surface area is 110 Å². The lowest BCUT2D eigenvalue weighted by molar-refractivity contribution is 0.415. The first-order valence-electron chi connectivity index (χ1n) is 5.97. The van der Waals surface area contributed by atoms with Crippen molar-refractivity contribution in [3.63, 3.8) is 0 Å². The van der Waals surface area contributed by atoms with Crippen LogP contribution in [0.25, 0.3) is 11.0 Å². The fraction of sp³-hybridized carbons (Fsp3) is 0.143. The molecule has 0 unspecified atom stereocenters. The van der Waals surface area contributed by atoms with Gasteiger partial charge in [-0.25, -0.2) is 9.97 Å². The molecule has 0 amide bonds.